The summed E-state index contributed by atoms with van der Waals surface area (Å²) in [6.07, 6.45) is 4.75. The molecule has 0 saturated heterocycles. The molecule has 2 aromatic heterocycles. The Labute approximate surface area is 90.9 Å². The molecule has 0 aliphatic carbocycles. The maximum atomic E-state index is 10.5. The highest BCUT2D eigenvalue weighted by Gasteiger charge is 2.07. The maximum Gasteiger partial charge on any atom is 0.274 e. The summed E-state index contributed by atoms with van der Waals surface area (Å²) in [6, 6.07) is 2.71. The van der Waals surface area contributed by atoms with Gasteiger partial charge in [-0.25, -0.2) is 4.98 Å². The molecular weight excluding hydrogens is 210 g/mol. The molecule has 7 nitrogen and oxygen atoms in total. The molecule has 2 heterocycles. The Kier molecular flexibility index (Phi) is 2.50. The SMILES string of the molecule is Cn1cc(Nc2cc([N+](=O)[O-])ccn2)cn1. The summed E-state index contributed by atoms with van der Waals surface area (Å²) in [6.45, 7) is 0. The summed E-state index contributed by atoms with van der Waals surface area (Å²) < 4.78 is 1.62. The molecule has 7 heteroatoms. The molecule has 82 valence electrons. The van der Waals surface area contributed by atoms with Crippen molar-refractivity contribution in [2.75, 3.05) is 5.32 Å². The first-order valence-electron chi connectivity index (χ1n) is 4.51. The zero-order chi connectivity index (χ0) is 11.5. The molecule has 1 N–H and O–H groups in total. The van der Waals surface area contributed by atoms with E-state index >= 15 is 0 Å². The molecular formula is C9H9N5O2. The highest BCUT2D eigenvalue weighted by molar-refractivity contribution is 5.56. The van der Waals surface area contributed by atoms with Crippen LogP contribution in [0.2, 0.25) is 0 Å². The van der Waals surface area contributed by atoms with E-state index < -0.39 is 4.92 Å². The number of hydrogen-bond donors (Lipinski definition) is 1. The first-order chi connectivity index (χ1) is 7.65. The zero-order valence-electron chi connectivity index (χ0n) is 8.49. The Bertz CT molecular complexity index is 522. The first kappa shape index (κ1) is 10.1. The summed E-state index contributed by atoms with van der Waals surface area (Å²) in [5, 5.41) is 17.4. The third kappa shape index (κ3) is 2.14. The Hall–Kier alpha value is -2.44. The lowest BCUT2D eigenvalue weighted by atomic mass is 10.4. The van der Waals surface area contributed by atoms with Crippen LogP contribution in [0.25, 0.3) is 0 Å². The van der Waals surface area contributed by atoms with Gasteiger partial charge in [-0.05, 0) is 0 Å². The van der Waals surface area contributed by atoms with Gasteiger partial charge in [-0.3, -0.25) is 14.8 Å². The molecule has 0 aromatic carbocycles. The van der Waals surface area contributed by atoms with E-state index in [-0.39, 0.29) is 5.69 Å². The van der Waals surface area contributed by atoms with E-state index in [9.17, 15) is 10.1 Å². The van der Waals surface area contributed by atoms with Crippen LogP contribution in [-0.2, 0) is 7.05 Å². The monoisotopic (exact) mass is 219 g/mol. The van der Waals surface area contributed by atoms with Crippen LogP contribution in [0.3, 0.4) is 0 Å². The normalized spacial score (nSPS) is 10.1. The standard InChI is InChI=1S/C9H9N5O2/c1-13-6-7(5-11-13)12-9-4-8(14(15)16)2-3-10-9/h2-6H,1H3,(H,10,12). The lowest BCUT2D eigenvalue weighted by Gasteiger charge is -2.00. The number of anilines is 2. The van der Waals surface area contributed by atoms with Crippen LogP contribution in [0.15, 0.2) is 30.7 Å². The number of nitrogens with one attached hydrogen (secondary N) is 1. The fourth-order valence-electron chi connectivity index (χ4n) is 1.23. The van der Waals surface area contributed by atoms with Crippen LogP contribution in [-0.4, -0.2) is 19.7 Å². The van der Waals surface area contributed by atoms with Gasteiger partial charge in [0.25, 0.3) is 5.69 Å². The Balaban J connectivity index is 2.21. The zero-order valence-corrected chi connectivity index (χ0v) is 8.49. The van der Waals surface area contributed by atoms with Gasteiger partial charge >= 0.3 is 0 Å². The largest absolute Gasteiger partial charge is 0.337 e. The fourth-order valence-corrected chi connectivity index (χ4v) is 1.23. The molecule has 0 spiro atoms. The molecule has 0 fully saturated rings. The van der Waals surface area contributed by atoms with Crippen LogP contribution < -0.4 is 5.32 Å². The van der Waals surface area contributed by atoms with Crippen molar-refractivity contribution in [2.45, 2.75) is 0 Å². The van der Waals surface area contributed by atoms with Gasteiger partial charge in [0.2, 0.25) is 0 Å². The van der Waals surface area contributed by atoms with E-state index in [1.54, 1.807) is 24.1 Å². The second-order valence-corrected chi connectivity index (χ2v) is 3.18. The molecule has 0 unspecified atom stereocenters. The highest BCUT2D eigenvalue weighted by atomic mass is 16.6. The van der Waals surface area contributed by atoms with E-state index in [1.807, 2.05) is 0 Å². The van der Waals surface area contributed by atoms with E-state index in [0.717, 1.165) is 5.69 Å². The Morgan fingerprint density at radius 3 is 3.00 bits per heavy atom. The topological polar surface area (TPSA) is 85.9 Å². The summed E-state index contributed by atoms with van der Waals surface area (Å²) in [4.78, 5) is 14.1. The highest BCUT2D eigenvalue weighted by Crippen LogP contribution is 2.18. The summed E-state index contributed by atoms with van der Waals surface area (Å²) in [5.41, 5.74) is 0.733. The van der Waals surface area contributed by atoms with Gasteiger partial charge in [-0.1, -0.05) is 0 Å². The van der Waals surface area contributed by atoms with Crippen molar-refractivity contribution in [3.8, 4) is 0 Å². The van der Waals surface area contributed by atoms with Crippen molar-refractivity contribution in [2.24, 2.45) is 7.05 Å². The van der Waals surface area contributed by atoms with Crippen LogP contribution >= 0.6 is 0 Å². The molecule has 0 bridgehead atoms. The van der Waals surface area contributed by atoms with Crippen LogP contribution in [0.4, 0.5) is 17.2 Å². The quantitative estimate of drug-likeness (QED) is 0.624. The lowest BCUT2D eigenvalue weighted by Crippen LogP contribution is -1.94. The van der Waals surface area contributed by atoms with Gasteiger partial charge in [-0.15, -0.1) is 0 Å². The predicted octanol–water partition coefficient (Wildman–Crippen LogP) is 1.47. The molecule has 2 rings (SSSR count). The fraction of sp³-hybridized carbons (Fsp3) is 0.111. The molecule has 0 saturated carbocycles. The molecule has 2 aromatic rings. The van der Waals surface area contributed by atoms with E-state index in [4.69, 9.17) is 0 Å². The Morgan fingerprint density at radius 1 is 1.56 bits per heavy atom. The predicted molar refractivity (Wildman–Crippen MR) is 57.4 cm³/mol. The molecule has 0 atom stereocenters. The second-order valence-electron chi connectivity index (χ2n) is 3.18. The average molecular weight is 219 g/mol. The minimum atomic E-state index is -0.462. The van der Waals surface area contributed by atoms with Crippen LogP contribution in [0, 0.1) is 10.1 Å². The molecule has 16 heavy (non-hydrogen) atoms. The molecule has 0 aliphatic heterocycles. The average Bonchev–Trinajstić information content (AvgIpc) is 2.64. The maximum absolute atomic E-state index is 10.5. The number of aromatic nitrogens is 3. The number of pyridine rings is 1. The Morgan fingerprint density at radius 2 is 2.38 bits per heavy atom. The number of nitrogens with zero attached hydrogens (tertiary/aromatic N) is 4. The van der Waals surface area contributed by atoms with Gasteiger partial charge < -0.3 is 5.32 Å². The van der Waals surface area contributed by atoms with Crippen LogP contribution in [0.5, 0.6) is 0 Å². The van der Waals surface area contributed by atoms with Crippen molar-refractivity contribution < 1.29 is 4.92 Å². The molecule has 0 amide bonds. The summed E-state index contributed by atoms with van der Waals surface area (Å²) in [7, 11) is 1.78. The number of nitro groups is 1. The smallest absolute Gasteiger partial charge is 0.274 e. The van der Waals surface area contributed by atoms with Crippen LogP contribution in [0.1, 0.15) is 0 Å². The minimum Gasteiger partial charge on any atom is -0.337 e. The van der Waals surface area contributed by atoms with E-state index in [0.29, 0.717) is 5.82 Å². The van der Waals surface area contributed by atoms with Crippen molar-refractivity contribution in [1.29, 1.82) is 0 Å². The molecule has 0 radical (unpaired) electrons. The third-order valence-corrected chi connectivity index (χ3v) is 1.93. The summed E-state index contributed by atoms with van der Waals surface area (Å²) in [5.74, 6) is 0.419. The molecule has 0 aliphatic rings. The van der Waals surface area contributed by atoms with Gasteiger partial charge in [-0.2, -0.15) is 5.10 Å². The van der Waals surface area contributed by atoms with E-state index in [1.165, 1.54) is 18.3 Å². The van der Waals surface area contributed by atoms with Crippen molar-refractivity contribution in [1.82, 2.24) is 14.8 Å². The van der Waals surface area contributed by atoms with Gasteiger partial charge in [0.1, 0.15) is 5.82 Å². The number of aryl methyl sites for hydroxylation is 1. The third-order valence-electron chi connectivity index (χ3n) is 1.93. The second kappa shape index (κ2) is 3.97. The first-order valence-corrected chi connectivity index (χ1v) is 4.51. The van der Waals surface area contributed by atoms with Gasteiger partial charge in [0, 0.05) is 25.5 Å². The van der Waals surface area contributed by atoms with Crippen molar-refractivity contribution >= 4 is 17.2 Å². The van der Waals surface area contributed by atoms with Crippen molar-refractivity contribution in [3.05, 3.63) is 40.8 Å². The lowest BCUT2D eigenvalue weighted by molar-refractivity contribution is -0.384. The minimum absolute atomic E-state index is 0.00129. The van der Waals surface area contributed by atoms with Gasteiger partial charge in [0.05, 0.1) is 22.9 Å². The number of hydrogen-bond acceptors (Lipinski definition) is 5. The van der Waals surface area contributed by atoms with Gasteiger partial charge in [0.15, 0.2) is 0 Å². The van der Waals surface area contributed by atoms with E-state index in [2.05, 4.69) is 15.4 Å². The number of rotatable bonds is 3. The summed E-state index contributed by atoms with van der Waals surface area (Å²) >= 11 is 0. The van der Waals surface area contributed by atoms with Crippen molar-refractivity contribution in [3.63, 3.8) is 0 Å².